The quantitative estimate of drug-likeness (QED) is 0.282. The van der Waals surface area contributed by atoms with Gasteiger partial charge in [-0.3, -0.25) is 15.0 Å². The van der Waals surface area contributed by atoms with Gasteiger partial charge in [-0.1, -0.05) is 46.4 Å². The number of carbonyl (C=O) groups is 2. The molecule has 2 amide bonds. The number of benzene rings is 3. The molecule has 3 aromatic carbocycles. The minimum atomic E-state index is -1.22. The van der Waals surface area contributed by atoms with Gasteiger partial charge < -0.3 is 10.4 Å². The van der Waals surface area contributed by atoms with E-state index in [9.17, 15) is 14.7 Å². The zero-order valence-electron chi connectivity index (χ0n) is 19.3. The van der Waals surface area contributed by atoms with Crippen LogP contribution in [0, 0.1) is 6.92 Å². The Morgan fingerprint density at radius 3 is 2.38 bits per heavy atom. The summed E-state index contributed by atoms with van der Waals surface area (Å²) in [5, 5.41) is 22.7. The third-order valence-electron chi connectivity index (χ3n) is 5.12. The zero-order valence-corrected chi connectivity index (χ0v) is 22.3. The number of aromatic hydroxyl groups is 1. The summed E-state index contributed by atoms with van der Waals surface area (Å²) >= 11 is 25.1. The van der Waals surface area contributed by atoms with Gasteiger partial charge in [0.1, 0.15) is 11.4 Å². The van der Waals surface area contributed by atoms with Crippen LogP contribution in [0.3, 0.4) is 0 Å². The maximum atomic E-state index is 13.5. The van der Waals surface area contributed by atoms with Crippen LogP contribution in [-0.4, -0.2) is 28.8 Å². The fraction of sp³-hybridized carbons (Fsp3) is 0.125. The fourth-order valence-electron chi connectivity index (χ4n) is 3.41. The molecule has 0 aromatic heterocycles. The Hall–Kier alpha value is -3.37. The van der Waals surface area contributed by atoms with E-state index >= 15 is 0 Å². The Bertz CT molecular complexity index is 1450. The number of aryl methyl sites for hydroxylation is 1. The second-order valence-corrected chi connectivity index (χ2v) is 9.59. The normalized spacial score (nSPS) is 16.5. The van der Waals surface area contributed by atoms with E-state index in [4.69, 9.17) is 46.4 Å². The molecule has 0 spiro atoms. The lowest BCUT2D eigenvalue weighted by Crippen LogP contribution is -2.36. The summed E-state index contributed by atoms with van der Waals surface area (Å²) in [5.41, 5.74) is 4.76. The van der Waals surface area contributed by atoms with Crippen LogP contribution in [0.1, 0.15) is 12.5 Å². The number of azo groups is 1. The number of rotatable bonds is 5. The van der Waals surface area contributed by atoms with E-state index in [0.717, 1.165) is 5.01 Å². The second kappa shape index (κ2) is 10.9. The minimum absolute atomic E-state index is 0.0770. The first-order valence-electron chi connectivity index (χ1n) is 10.6. The summed E-state index contributed by atoms with van der Waals surface area (Å²) in [4.78, 5) is 29.5. The van der Waals surface area contributed by atoms with E-state index in [2.05, 4.69) is 26.0 Å². The van der Waals surface area contributed by atoms with Gasteiger partial charge in [0.05, 0.1) is 26.4 Å². The van der Waals surface area contributed by atoms with Crippen molar-refractivity contribution in [2.24, 2.45) is 15.2 Å². The summed E-state index contributed by atoms with van der Waals surface area (Å²) < 4.78 is 0. The number of amidine groups is 1. The summed E-state index contributed by atoms with van der Waals surface area (Å²) in [6.07, 6.45) is 0. The number of hydrogen-bond donors (Lipinski definition) is 3. The lowest BCUT2D eigenvalue weighted by Gasteiger charge is -2.19. The van der Waals surface area contributed by atoms with Gasteiger partial charge in [0.15, 0.2) is 5.84 Å². The van der Waals surface area contributed by atoms with Crippen LogP contribution in [0.15, 0.2) is 63.8 Å². The molecule has 0 aliphatic carbocycles. The first-order chi connectivity index (χ1) is 17.5. The van der Waals surface area contributed by atoms with Crippen LogP contribution in [0.2, 0.25) is 20.1 Å². The van der Waals surface area contributed by atoms with Gasteiger partial charge in [0.25, 0.3) is 5.91 Å². The van der Waals surface area contributed by atoms with E-state index in [1.165, 1.54) is 25.1 Å². The van der Waals surface area contributed by atoms with Crippen molar-refractivity contribution >= 4 is 86.8 Å². The first-order valence-corrected chi connectivity index (χ1v) is 12.2. The number of hydrazine groups is 1. The van der Waals surface area contributed by atoms with Crippen molar-refractivity contribution in [1.82, 2.24) is 5.43 Å². The number of hydrogen-bond acceptors (Lipinski definition) is 6. The van der Waals surface area contributed by atoms with Crippen LogP contribution in [-0.2, 0) is 9.59 Å². The third-order valence-corrected chi connectivity index (χ3v) is 6.24. The molecule has 3 aromatic rings. The Morgan fingerprint density at radius 1 is 1.03 bits per heavy atom. The molecule has 3 N–H and O–H groups in total. The number of amides is 2. The highest BCUT2D eigenvalue weighted by Gasteiger charge is 2.41. The van der Waals surface area contributed by atoms with Crippen molar-refractivity contribution in [2.75, 3.05) is 10.3 Å². The zero-order chi connectivity index (χ0) is 26.9. The van der Waals surface area contributed by atoms with Crippen molar-refractivity contribution in [1.29, 1.82) is 0 Å². The lowest BCUT2D eigenvalue weighted by atomic mass is 10.2. The highest BCUT2D eigenvalue weighted by atomic mass is 35.5. The van der Waals surface area contributed by atoms with Gasteiger partial charge in [-0.05, 0) is 61.0 Å². The average Bonchev–Trinajstić information content (AvgIpc) is 3.10. The van der Waals surface area contributed by atoms with Crippen LogP contribution in [0.25, 0.3) is 0 Å². The van der Waals surface area contributed by atoms with Crippen molar-refractivity contribution in [3.8, 4) is 5.75 Å². The summed E-state index contributed by atoms with van der Waals surface area (Å²) in [6, 6.07) is 11.0. The van der Waals surface area contributed by atoms with E-state index in [1.54, 1.807) is 37.3 Å². The molecule has 4 rings (SSSR count). The molecule has 37 heavy (non-hydrogen) atoms. The molecule has 0 radical (unpaired) electrons. The third kappa shape index (κ3) is 5.97. The number of phenols is 1. The Balaban J connectivity index is 1.79. The first kappa shape index (κ1) is 26.7. The van der Waals surface area contributed by atoms with Gasteiger partial charge >= 0.3 is 0 Å². The molecule has 1 heterocycles. The molecule has 1 unspecified atom stereocenters. The van der Waals surface area contributed by atoms with E-state index in [0.29, 0.717) is 22.0 Å². The van der Waals surface area contributed by atoms with Crippen molar-refractivity contribution in [3.63, 3.8) is 0 Å². The molecule has 0 bridgehead atoms. The van der Waals surface area contributed by atoms with Crippen LogP contribution >= 0.6 is 46.4 Å². The molecular formula is C24H18Cl4N6O3. The average molecular weight is 580 g/mol. The monoisotopic (exact) mass is 578 g/mol. The summed E-state index contributed by atoms with van der Waals surface area (Å²) in [5.74, 6) is -0.665. The molecule has 9 nitrogen and oxygen atoms in total. The van der Waals surface area contributed by atoms with Gasteiger partial charge in [-0.15, -0.1) is 0 Å². The van der Waals surface area contributed by atoms with Crippen molar-refractivity contribution < 1.29 is 14.7 Å². The van der Waals surface area contributed by atoms with Crippen molar-refractivity contribution in [3.05, 3.63) is 74.2 Å². The number of carbonyl (C=O) groups excluding carboxylic acids is 2. The fourth-order valence-corrected chi connectivity index (χ4v) is 4.56. The smallest absolute Gasteiger partial charge is 0.280 e. The highest BCUT2D eigenvalue weighted by molar-refractivity contribution is 6.43. The predicted octanol–water partition coefficient (Wildman–Crippen LogP) is 7.01. The van der Waals surface area contributed by atoms with E-state index < -0.39 is 11.9 Å². The number of anilines is 2. The highest BCUT2D eigenvalue weighted by Crippen LogP contribution is 2.38. The standard InChI is InChI=1S/C24H18Cl4N6O3/c1-11-7-15(4-6-20(11)36)31-32-21-23(30-19-10-14(29-12(2)35)3-5-16(19)26)33-34(24(21)37)22-17(27)8-13(25)9-18(22)28/h3-10,21,36H,1-2H3,(H,29,35)(H,30,33). The molecule has 1 fully saturated rings. The van der Waals surface area contributed by atoms with Crippen LogP contribution in [0.5, 0.6) is 5.75 Å². The SMILES string of the molecule is CC(=O)Nc1ccc(Cl)c(N=C2NN(c3c(Cl)cc(Cl)cc3Cl)C(=O)C2N=Nc2ccc(O)c(C)c2)c1. The Kier molecular flexibility index (Phi) is 7.89. The number of nitrogens with one attached hydrogen (secondary N) is 2. The predicted molar refractivity (Wildman–Crippen MR) is 146 cm³/mol. The molecular weight excluding hydrogens is 562 g/mol. The molecule has 1 aliphatic heterocycles. The number of halogens is 4. The largest absolute Gasteiger partial charge is 0.508 e. The molecule has 1 aliphatic rings. The maximum Gasteiger partial charge on any atom is 0.280 e. The van der Waals surface area contributed by atoms with Gasteiger partial charge in [0.2, 0.25) is 11.9 Å². The summed E-state index contributed by atoms with van der Waals surface area (Å²) in [7, 11) is 0. The second-order valence-electron chi connectivity index (χ2n) is 7.94. The van der Waals surface area contributed by atoms with Gasteiger partial charge in [0, 0.05) is 17.6 Å². The van der Waals surface area contributed by atoms with Crippen LogP contribution < -0.4 is 15.8 Å². The topological polar surface area (TPSA) is 119 Å². The Labute approximate surface area is 231 Å². The Morgan fingerprint density at radius 2 is 1.73 bits per heavy atom. The van der Waals surface area contributed by atoms with E-state index in [-0.39, 0.29) is 43.9 Å². The number of nitrogens with zero attached hydrogens (tertiary/aromatic N) is 4. The summed E-state index contributed by atoms with van der Waals surface area (Å²) in [6.45, 7) is 3.08. The molecule has 0 saturated carbocycles. The van der Waals surface area contributed by atoms with Gasteiger partial charge in [-0.25, -0.2) is 10.0 Å². The maximum absolute atomic E-state index is 13.5. The molecule has 1 saturated heterocycles. The lowest BCUT2D eigenvalue weighted by molar-refractivity contribution is -0.118. The molecule has 190 valence electrons. The molecule has 13 heteroatoms. The molecule has 1 atom stereocenters. The minimum Gasteiger partial charge on any atom is -0.508 e. The number of phenolic OH excluding ortho intramolecular Hbond substituents is 1. The van der Waals surface area contributed by atoms with Gasteiger partial charge in [-0.2, -0.15) is 10.2 Å². The van der Waals surface area contributed by atoms with E-state index in [1.807, 2.05) is 0 Å². The number of aliphatic imine (C=N–C) groups is 1. The van der Waals surface area contributed by atoms with Crippen molar-refractivity contribution in [2.45, 2.75) is 19.9 Å². The van der Waals surface area contributed by atoms with Crippen LogP contribution in [0.4, 0.5) is 22.7 Å².